The highest BCUT2D eigenvalue weighted by Gasteiger charge is 2.17. The van der Waals surface area contributed by atoms with Crippen molar-refractivity contribution >= 4 is 11.9 Å². The van der Waals surface area contributed by atoms with Crippen LogP contribution in [0.15, 0.2) is 23.2 Å². The van der Waals surface area contributed by atoms with E-state index in [1.165, 1.54) is 12.7 Å². The fourth-order valence-corrected chi connectivity index (χ4v) is 3.14. The zero-order chi connectivity index (χ0) is 20.9. The largest absolute Gasteiger partial charge is 0.493 e. The fourth-order valence-electron chi connectivity index (χ4n) is 3.14. The zero-order valence-electron chi connectivity index (χ0n) is 18.0. The Hall–Kier alpha value is -2.28. The average molecular weight is 406 g/mol. The fraction of sp³-hybridized carbons (Fsp3) is 0.636. The standard InChI is InChI=1S/C22H35N3O4/c1-17-8-9-19(20(13-17)29-16-18-10-12-28-15-18)14-25-22(23-2)24-11-6-4-5-7-21(26)27-3/h8-9,13,18H,4-7,10-12,14-16H2,1-3H3,(H2,23,24,25). The molecule has 0 aromatic heterocycles. The van der Waals surface area contributed by atoms with Gasteiger partial charge in [0.2, 0.25) is 0 Å². The van der Waals surface area contributed by atoms with Crippen LogP contribution in [0.5, 0.6) is 5.75 Å². The van der Waals surface area contributed by atoms with Crippen LogP contribution in [0.1, 0.15) is 43.2 Å². The Kier molecular flexibility index (Phi) is 10.3. The molecule has 2 rings (SSSR count). The smallest absolute Gasteiger partial charge is 0.305 e. The van der Waals surface area contributed by atoms with E-state index in [-0.39, 0.29) is 5.97 Å². The van der Waals surface area contributed by atoms with Crippen molar-refractivity contribution in [1.82, 2.24) is 10.6 Å². The van der Waals surface area contributed by atoms with Gasteiger partial charge in [-0.2, -0.15) is 0 Å². The number of rotatable bonds is 11. The molecule has 1 unspecified atom stereocenters. The van der Waals surface area contributed by atoms with Crippen molar-refractivity contribution in [2.24, 2.45) is 10.9 Å². The molecule has 1 aliphatic rings. The summed E-state index contributed by atoms with van der Waals surface area (Å²) in [5, 5.41) is 6.67. The van der Waals surface area contributed by atoms with E-state index >= 15 is 0 Å². The maximum atomic E-state index is 11.1. The summed E-state index contributed by atoms with van der Waals surface area (Å²) >= 11 is 0. The second-order valence-corrected chi connectivity index (χ2v) is 7.39. The zero-order valence-corrected chi connectivity index (χ0v) is 18.0. The van der Waals surface area contributed by atoms with Crippen molar-refractivity contribution < 1.29 is 19.0 Å². The molecule has 0 bridgehead atoms. The maximum absolute atomic E-state index is 11.1. The van der Waals surface area contributed by atoms with Crippen molar-refractivity contribution in [2.75, 3.05) is 40.5 Å². The van der Waals surface area contributed by atoms with E-state index in [1.807, 2.05) is 0 Å². The molecule has 7 nitrogen and oxygen atoms in total. The highest BCUT2D eigenvalue weighted by atomic mass is 16.5. The first-order chi connectivity index (χ1) is 14.1. The number of nitrogens with zero attached hydrogens (tertiary/aromatic N) is 1. The van der Waals surface area contributed by atoms with Crippen molar-refractivity contribution in [2.45, 2.75) is 45.6 Å². The van der Waals surface area contributed by atoms with Gasteiger partial charge >= 0.3 is 5.97 Å². The molecule has 0 radical (unpaired) electrons. The lowest BCUT2D eigenvalue weighted by Gasteiger charge is -2.17. The number of benzene rings is 1. The molecule has 7 heteroatoms. The van der Waals surface area contributed by atoms with E-state index in [4.69, 9.17) is 9.47 Å². The molecule has 0 saturated carbocycles. The number of aliphatic imine (C=N–C) groups is 1. The summed E-state index contributed by atoms with van der Waals surface area (Å²) in [6.45, 7) is 5.83. The van der Waals surface area contributed by atoms with Crippen LogP contribution >= 0.6 is 0 Å². The summed E-state index contributed by atoms with van der Waals surface area (Å²) in [5.74, 6) is 2.01. The molecule has 1 aromatic carbocycles. The number of carbonyl (C=O) groups is 1. The molecule has 0 aliphatic carbocycles. The summed E-state index contributed by atoms with van der Waals surface area (Å²) in [4.78, 5) is 15.4. The highest BCUT2D eigenvalue weighted by molar-refractivity contribution is 5.79. The second-order valence-electron chi connectivity index (χ2n) is 7.39. The molecule has 1 fully saturated rings. The molecule has 1 heterocycles. The van der Waals surface area contributed by atoms with Crippen LogP contribution in [-0.2, 0) is 20.8 Å². The van der Waals surface area contributed by atoms with E-state index in [9.17, 15) is 4.79 Å². The van der Waals surface area contributed by atoms with E-state index in [1.54, 1.807) is 7.05 Å². The van der Waals surface area contributed by atoms with Gasteiger partial charge in [-0.3, -0.25) is 9.79 Å². The molecule has 0 spiro atoms. The minimum Gasteiger partial charge on any atom is -0.493 e. The number of hydrogen-bond acceptors (Lipinski definition) is 5. The molecule has 29 heavy (non-hydrogen) atoms. The number of methoxy groups -OCH3 is 1. The van der Waals surface area contributed by atoms with Crippen LogP contribution in [0.25, 0.3) is 0 Å². The van der Waals surface area contributed by atoms with Crippen molar-refractivity contribution in [1.29, 1.82) is 0 Å². The van der Waals surface area contributed by atoms with Crippen molar-refractivity contribution in [3.8, 4) is 5.75 Å². The van der Waals surface area contributed by atoms with Crippen molar-refractivity contribution in [3.63, 3.8) is 0 Å². The van der Waals surface area contributed by atoms with Gasteiger partial charge in [0, 0.05) is 44.6 Å². The Morgan fingerprint density at radius 3 is 2.86 bits per heavy atom. The minimum absolute atomic E-state index is 0.146. The number of ether oxygens (including phenoxy) is 3. The van der Waals surface area contributed by atoms with E-state index in [0.717, 1.165) is 62.7 Å². The van der Waals surface area contributed by atoms with Gasteiger partial charge in [-0.05, 0) is 37.8 Å². The SMILES string of the molecule is CN=C(NCCCCCC(=O)OC)NCc1ccc(C)cc1OCC1CCOC1. The summed E-state index contributed by atoms with van der Waals surface area (Å²) in [7, 11) is 3.19. The molecule has 0 amide bonds. The Bertz CT molecular complexity index is 657. The monoisotopic (exact) mass is 405 g/mol. The van der Waals surface area contributed by atoms with Crippen LogP contribution in [0.2, 0.25) is 0 Å². The molecule has 162 valence electrons. The lowest BCUT2D eigenvalue weighted by atomic mass is 10.1. The Morgan fingerprint density at radius 1 is 1.28 bits per heavy atom. The van der Waals surface area contributed by atoms with Crippen LogP contribution in [0, 0.1) is 12.8 Å². The number of unbranched alkanes of at least 4 members (excludes halogenated alkanes) is 2. The molecule has 1 atom stereocenters. The lowest BCUT2D eigenvalue weighted by molar-refractivity contribution is -0.140. The van der Waals surface area contributed by atoms with E-state index in [2.05, 4.69) is 45.5 Å². The first kappa shape index (κ1) is 23.0. The number of carbonyl (C=O) groups excluding carboxylic acids is 1. The number of guanidine groups is 1. The highest BCUT2D eigenvalue weighted by Crippen LogP contribution is 2.22. The second kappa shape index (κ2) is 13.0. The third-order valence-electron chi connectivity index (χ3n) is 4.97. The Labute approximate surface area is 174 Å². The van der Waals surface area contributed by atoms with Gasteiger partial charge < -0.3 is 24.8 Å². The van der Waals surface area contributed by atoms with Gasteiger partial charge in [-0.15, -0.1) is 0 Å². The maximum Gasteiger partial charge on any atom is 0.305 e. The van der Waals surface area contributed by atoms with Gasteiger partial charge in [0.05, 0.1) is 20.3 Å². The Morgan fingerprint density at radius 2 is 2.14 bits per heavy atom. The summed E-state index contributed by atoms with van der Waals surface area (Å²) in [5.41, 5.74) is 2.29. The summed E-state index contributed by atoms with van der Waals surface area (Å²) in [6, 6.07) is 6.28. The summed E-state index contributed by atoms with van der Waals surface area (Å²) < 4.78 is 16.2. The number of nitrogens with one attached hydrogen (secondary N) is 2. The minimum atomic E-state index is -0.146. The molecule has 1 saturated heterocycles. The lowest BCUT2D eigenvalue weighted by Crippen LogP contribution is -2.37. The normalized spacial score (nSPS) is 16.5. The first-order valence-electron chi connectivity index (χ1n) is 10.4. The predicted octanol–water partition coefficient (Wildman–Crippen LogP) is 2.81. The van der Waals surface area contributed by atoms with E-state index in [0.29, 0.717) is 25.5 Å². The number of hydrogen-bond donors (Lipinski definition) is 2. The molecule has 1 aliphatic heterocycles. The Balaban J connectivity index is 1.74. The van der Waals surface area contributed by atoms with Gasteiger partial charge in [0.25, 0.3) is 0 Å². The molecule has 1 aromatic rings. The van der Waals surface area contributed by atoms with Gasteiger partial charge in [-0.1, -0.05) is 18.6 Å². The van der Waals surface area contributed by atoms with Crippen LogP contribution < -0.4 is 15.4 Å². The van der Waals surface area contributed by atoms with E-state index < -0.39 is 0 Å². The van der Waals surface area contributed by atoms with Gasteiger partial charge in [-0.25, -0.2) is 0 Å². The number of aryl methyl sites for hydroxylation is 1. The topological polar surface area (TPSA) is 81.2 Å². The third-order valence-corrected chi connectivity index (χ3v) is 4.97. The first-order valence-corrected chi connectivity index (χ1v) is 10.4. The summed E-state index contributed by atoms with van der Waals surface area (Å²) in [6.07, 6.45) is 4.33. The average Bonchev–Trinajstić information content (AvgIpc) is 3.25. The number of esters is 1. The quantitative estimate of drug-likeness (QED) is 0.255. The van der Waals surface area contributed by atoms with Crippen molar-refractivity contribution in [3.05, 3.63) is 29.3 Å². The molecular weight excluding hydrogens is 370 g/mol. The predicted molar refractivity (Wildman–Crippen MR) is 114 cm³/mol. The third kappa shape index (κ3) is 8.73. The molecule has 2 N–H and O–H groups in total. The van der Waals surface area contributed by atoms with Gasteiger partial charge in [0.1, 0.15) is 5.75 Å². The molecular formula is C22H35N3O4. The van der Waals surface area contributed by atoms with Crippen LogP contribution in [0.3, 0.4) is 0 Å². The van der Waals surface area contributed by atoms with Crippen LogP contribution in [-0.4, -0.2) is 52.5 Å². The van der Waals surface area contributed by atoms with Gasteiger partial charge in [0.15, 0.2) is 5.96 Å². The van der Waals surface area contributed by atoms with Crippen LogP contribution in [0.4, 0.5) is 0 Å².